The molecule has 1 unspecified atom stereocenters. The van der Waals surface area contributed by atoms with Crippen LogP contribution in [0, 0.1) is 0 Å². The smallest absolute Gasteiger partial charge is 0.0192 e. The molecule has 0 aliphatic carbocycles. The van der Waals surface area contributed by atoms with Gasteiger partial charge in [-0.3, -0.25) is 0 Å². The number of nitrogens with one attached hydrogen (secondary N) is 1. The van der Waals surface area contributed by atoms with E-state index in [1.54, 1.807) is 0 Å². The van der Waals surface area contributed by atoms with Crippen molar-refractivity contribution in [2.45, 2.75) is 39.2 Å². The summed E-state index contributed by atoms with van der Waals surface area (Å²) in [4.78, 5) is 5.07. The van der Waals surface area contributed by atoms with E-state index >= 15 is 0 Å². The molecule has 16 heavy (non-hydrogen) atoms. The summed E-state index contributed by atoms with van der Waals surface area (Å²) in [5.41, 5.74) is 0. The SMILES string of the molecule is CCCNC(CC)CN1CCCN(C)CC1. The van der Waals surface area contributed by atoms with Gasteiger partial charge < -0.3 is 15.1 Å². The van der Waals surface area contributed by atoms with E-state index in [9.17, 15) is 0 Å². The van der Waals surface area contributed by atoms with Gasteiger partial charge in [-0.25, -0.2) is 0 Å². The fourth-order valence-corrected chi connectivity index (χ4v) is 2.28. The Bertz CT molecular complexity index is 173. The molecule has 1 N–H and O–H groups in total. The van der Waals surface area contributed by atoms with Gasteiger partial charge in [0.2, 0.25) is 0 Å². The highest BCUT2D eigenvalue weighted by atomic mass is 15.2. The van der Waals surface area contributed by atoms with Gasteiger partial charge in [-0.2, -0.15) is 0 Å². The summed E-state index contributed by atoms with van der Waals surface area (Å²) in [5, 5.41) is 3.64. The number of nitrogens with zero attached hydrogens (tertiary/aromatic N) is 2. The van der Waals surface area contributed by atoms with Crippen LogP contribution in [0.25, 0.3) is 0 Å². The molecule has 0 amide bonds. The summed E-state index contributed by atoms with van der Waals surface area (Å²) in [6.45, 7) is 11.9. The summed E-state index contributed by atoms with van der Waals surface area (Å²) in [7, 11) is 2.23. The van der Waals surface area contributed by atoms with Crippen LogP contribution in [0.3, 0.4) is 0 Å². The number of hydrogen-bond acceptors (Lipinski definition) is 3. The lowest BCUT2D eigenvalue weighted by molar-refractivity contribution is 0.243. The zero-order chi connectivity index (χ0) is 11.8. The topological polar surface area (TPSA) is 18.5 Å². The second kappa shape index (κ2) is 8.04. The van der Waals surface area contributed by atoms with Crippen LogP contribution < -0.4 is 5.32 Å². The Hall–Kier alpha value is -0.120. The van der Waals surface area contributed by atoms with Crippen LogP contribution in [-0.2, 0) is 0 Å². The van der Waals surface area contributed by atoms with Crippen molar-refractivity contribution >= 4 is 0 Å². The molecule has 1 heterocycles. The van der Waals surface area contributed by atoms with E-state index in [-0.39, 0.29) is 0 Å². The maximum atomic E-state index is 3.64. The first kappa shape index (κ1) is 13.9. The summed E-state index contributed by atoms with van der Waals surface area (Å²) in [6, 6.07) is 0.684. The first-order valence-corrected chi connectivity index (χ1v) is 6.90. The maximum Gasteiger partial charge on any atom is 0.0192 e. The second-order valence-corrected chi connectivity index (χ2v) is 5.02. The van der Waals surface area contributed by atoms with E-state index in [1.807, 2.05) is 0 Å². The van der Waals surface area contributed by atoms with Crippen molar-refractivity contribution in [1.29, 1.82) is 0 Å². The van der Waals surface area contributed by atoms with Crippen molar-refractivity contribution in [3.63, 3.8) is 0 Å². The van der Waals surface area contributed by atoms with Crippen molar-refractivity contribution in [3.05, 3.63) is 0 Å². The molecular weight excluding hydrogens is 198 g/mol. The Kier molecular flexibility index (Phi) is 7.01. The number of hydrogen-bond donors (Lipinski definition) is 1. The van der Waals surface area contributed by atoms with Gasteiger partial charge in [0.15, 0.2) is 0 Å². The highest BCUT2D eigenvalue weighted by Gasteiger charge is 2.15. The van der Waals surface area contributed by atoms with Crippen LogP contribution in [0.1, 0.15) is 33.1 Å². The molecule has 1 aliphatic heterocycles. The first-order chi connectivity index (χ1) is 7.76. The van der Waals surface area contributed by atoms with Crippen LogP contribution >= 0.6 is 0 Å². The van der Waals surface area contributed by atoms with E-state index in [4.69, 9.17) is 0 Å². The lowest BCUT2D eigenvalue weighted by Gasteiger charge is -2.26. The molecule has 0 aromatic rings. The Labute approximate surface area is 101 Å². The summed E-state index contributed by atoms with van der Waals surface area (Å²) in [5.74, 6) is 0. The quantitative estimate of drug-likeness (QED) is 0.740. The molecule has 1 aliphatic rings. The van der Waals surface area contributed by atoms with E-state index in [1.165, 1.54) is 52.0 Å². The van der Waals surface area contributed by atoms with Crippen LogP contribution in [0.5, 0.6) is 0 Å². The predicted molar refractivity (Wildman–Crippen MR) is 70.9 cm³/mol. The zero-order valence-electron chi connectivity index (χ0n) is 11.3. The van der Waals surface area contributed by atoms with E-state index in [0.29, 0.717) is 6.04 Å². The zero-order valence-corrected chi connectivity index (χ0v) is 11.3. The van der Waals surface area contributed by atoms with E-state index in [2.05, 4.69) is 36.0 Å². The number of likely N-dealkylation sites (N-methyl/N-ethyl adjacent to an activating group) is 1. The molecule has 1 rings (SSSR count). The first-order valence-electron chi connectivity index (χ1n) is 6.90. The van der Waals surface area contributed by atoms with Crippen molar-refractivity contribution in [2.75, 3.05) is 46.3 Å². The molecule has 96 valence electrons. The normalized spacial score (nSPS) is 21.9. The lowest BCUT2D eigenvalue weighted by atomic mass is 10.2. The van der Waals surface area contributed by atoms with Crippen molar-refractivity contribution in [3.8, 4) is 0 Å². The van der Waals surface area contributed by atoms with E-state index in [0.717, 1.165) is 6.54 Å². The molecule has 3 nitrogen and oxygen atoms in total. The largest absolute Gasteiger partial charge is 0.313 e. The van der Waals surface area contributed by atoms with Gasteiger partial charge in [-0.15, -0.1) is 0 Å². The van der Waals surface area contributed by atoms with Crippen molar-refractivity contribution < 1.29 is 0 Å². The average Bonchev–Trinajstić information content (AvgIpc) is 2.49. The summed E-state index contributed by atoms with van der Waals surface area (Å²) >= 11 is 0. The minimum Gasteiger partial charge on any atom is -0.313 e. The Morgan fingerprint density at radius 3 is 2.62 bits per heavy atom. The lowest BCUT2D eigenvalue weighted by Crippen LogP contribution is -2.42. The Balaban J connectivity index is 2.27. The molecule has 3 heteroatoms. The van der Waals surface area contributed by atoms with Gasteiger partial charge in [0.05, 0.1) is 0 Å². The molecule has 1 saturated heterocycles. The third-order valence-electron chi connectivity index (χ3n) is 3.47. The van der Waals surface area contributed by atoms with Crippen LogP contribution in [0.2, 0.25) is 0 Å². The second-order valence-electron chi connectivity index (χ2n) is 5.02. The monoisotopic (exact) mass is 227 g/mol. The third-order valence-corrected chi connectivity index (χ3v) is 3.47. The van der Waals surface area contributed by atoms with Crippen molar-refractivity contribution in [1.82, 2.24) is 15.1 Å². The van der Waals surface area contributed by atoms with Gasteiger partial charge in [0.25, 0.3) is 0 Å². The van der Waals surface area contributed by atoms with E-state index < -0.39 is 0 Å². The molecule has 0 radical (unpaired) electrons. The molecule has 0 saturated carbocycles. The fraction of sp³-hybridized carbons (Fsp3) is 1.00. The molecule has 0 aromatic heterocycles. The predicted octanol–water partition coefficient (Wildman–Crippen LogP) is 1.40. The molecule has 1 fully saturated rings. The van der Waals surface area contributed by atoms with Crippen LogP contribution in [0.15, 0.2) is 0 Å². The minimum atomic E-state index is 0.684. The molecule has 1 atom stereocenters. The minimum absolute atomic E-state index is 0.684. The summed E-state index contributed by atoms with van der Waals surface area (Å²) < 4.78 is 0. The van der Waals surface area contributed by atoms with Crippen LogP contribution in [-0.4, -0.2) is 62.2 Å². The highest BCUT2D eigenvalue weighted by molar-refractivity contribution is 4.74. The summed E-state index contributed by atoms with van der Waals surface area (Å²) in [6.07, 6.45) is 3.80. The van der Waals surface area contributed by atoms with Gasteiger partial charge in [-0.05, 0) is 45.9 Å². The van der Waals surface area contributed by atoms with Gasteiger partial charge in [0, 0.05) is 25.7 Å². The van der Waals surface area contributed by atoms with Gasteiger partial charge in [0.1, 0.15) is 0 Å². The number of rotatable bonds is 6. The molecule has 0 spiro atoms. The Morgan fingerprint density at radius 1 is 1.12 bits per heavy atom. The highest BCUT2D eigenvalue weighted by Crippen LogP contribution is 2.03. The van der Waals surface area contributed by atoms with Gasteiger partial charge in [-0.1, -0.05) is 13.8 Å². The average molecular weight is 227 g/mol. The fourth-order valence-electron chi connectivity index (χ4n) is 2.28. The third kappa shape index (κ3) is 5.28. The molecular formula is C13H29N3. The molecule has 0 aromatic carbocycles. The van der Waals surface area contributed by atoms with Gasteiger partial charge >= 0.3 is 0 Å². The molecule has 0 bridgehead atoms. The standard InChI is InChI=1S/C13H29N3/c1-4-7-14-13(5-2)12-16-9-6-8-15(3)10-11-16/h13-14H,4-12H2,1-3H3. The van der Waals surface area contributed by atoms with Crippen LogP contribution in [0.4, 0.5) is 0 Å². The van der Waals surface area contributed by atoms with Crippen molar-refractivity contribution in [2.24, 2.45) is 0 Å². The Morgan fingerprint density at radius 2 is 1.94 bits per heavy atom. The maximum absolute atomic E-state index is 3.64.